The van der Waals surface area contributed by atoms with Crippen LogP contribution in [0.25, 0.3) is 10.9 Å². The number of benzene rings is 1. The van der Waals surface area contributed by atoms with E-state index in [0.29, 0.717) is 63.8 Å². The number of likely N-dealkylation sites (tertiary alicyclic amines) is 2. The molecule has 0 radical (unpaired) electrons. The van der Waals surface area contributed by atoms with E-state index in [-0.39, 0.29) is 25.3 Å². The number of rotatable bonds is 18. The molecule has 280 valence electrons. The first-order valence-electron chi connectivity index (χ1n) is 17.7. The molecular weight excluding hydrogens is 677 g/mol. The van der Waals surface area contributed by atoms with Gasteiger partial charge in [-0.25, -0.2) is 4.79 Å². The SMILES string of the molecule is CSCC[C@H](NC(=O)[C@H](C)N)C(=O)N1CCC[C@H]1C(=O)N[C@@H](CCCCN)C(=O)N1CCC[C@H]1C(=O)N[C@@H](Cc1c[nH]c2ccccc12)C(=O)O. The van der Waals surface area contributed by atoms with Gasteiger partial charge in [-0.1, -0.05) is 18.2 Å². The predicted molar refractivity (Wildman–Crippen MR) is 194 cm³/mol. The molecule has 51 heavy (non-hydrogen) atoms. The average molecular weight is 729 g/mol. The van der Waals surface area contributed by atoms with Gasteiger partial charge in [-0.05, 0) is 88.5 Å². The Hall–Kier alpha value is -4.15. The summed E-state index contributed by atoms with van der Waals surface area (Å²) in [5, 5.41) is 19.1. The van der Waals surface area contributed by atoms with Crippen LogP contribution in [0, 0.1) is 0 Å². The maximum absolute atomic E-state index is 14.1. The smallest absolute Gasteiger partial charge is 0.326 e. The second-order valence-corrected chi connectivity index (χ2v) is 14.3. The molecule has 2 aliphatic rings. The quantitative estimate of drug-likeness (QED) is 0.105. The molecule has 2 fully saturated rings. The Morgan fingerprint density at radius 1 is 0.902 bits per heavy atom. The molecule has 3 heterocycles. The van der Waals surface area contributed by atoms with Crippen LogP contribution in [0.15, 0.2) is 30.5 Å². The third-order valence-corrected chi connectivity index (χ3v) is 10.2. The lowest BCUT2D eigenvalue weighted by atomic mass is 10.0. The maximum atomic E-state index is 14.1. The Labute approximate surface area is 302 Å². The number of aromatic nitrogens is 1. The molecule has 1 aromatic heterocycles. The number of aliphatic carboxylic acids is 1. The van der Waals surface area contributed by atoms with Crippen LogP contribution in [-0.2, 0) is 35.2 Å². The zero-order chi connectivity index (χ0) is 37.1. The maximum Gasteiger partial charge on any atom is 0.326 e. The highest BCUT2D eigenvalue weighted by Crippen LogP contribution is 2.24. The van der Waals surface area contributed by atoms with Gasteiger partial charge < -0.3 is 47.3 Å². The summed E-state index contributed by atoms with van der Waals surface area (Å²) >= 11 is 1.53. The topological polar surface area (TPSA) is 233 Å². The second kappa shape index (κ2) is 18.9. The molecule has 1 aromatic carbocycles. The molecule has 0 spiro atoms. The van der Waals surface area contributed by atoms with E-state index in [1.165, 1.54) is 28.5 Å². The zero-order valence-corrected chi connectivity index (χ0v) is 30.2. The van der Waals surface area contributed by atoms with E-state index in [1.807, 2.05) is 30.5 Å². The number of thioether (sulfide) groups is 1. The second-order valence-electron chi connectivity index (χ2n) is 13.3. The molecule has 5 amide bonds. The van der Waals surface area contributed by atoms with Gasteiger partial charge in [-0.15, -0.1) is 0 Å². The van der Waals surface area contributed by atoms with Gasteiger partial charge in [-0.2, -0.15) is 11.8 Å². The molecule has 2 aromatic rings. The summed E-state index contributed by atoms with van der Waals surface area (Å²) in [6.45, 7) is 2.52. The van der Waals surface area contributed by atoms with Crippen LogP contribution in [0.3, 0.4) is 0 Å². The largest absolute Gasteiger partial charge is 0.480 e. The first-order valence-corrected chi connectivity index (χ1v) is 19.1. The Kier molecular flexibility index (Phi) is 14.7. The summed E-state index contributed by atoms with van der Waals surface area (Å²) in [6, 6.07) is 1.87. The van der Waals surface area contributed by atoms with E-state index < -0.39 is 65.8 Å². The van der Waals surface area contributed by atoms with E-state index in [1.54, 1.807) is 6.20 Å². The van der Waals surface area contributed by atoms with Crippen molar-refractivity contribution >= 4 is 58.2 Å². The van der Waals surface area contributed by atoms with Gasteiger partial charge in [0.05, 0.1) is 6.04 Å². The molecule has 16 heteroatoms. The van der Waals surface area contributed by atoms with Gasteiger partial charge in [0.25, 0.3) is 0 Å². The van der Waals surface area contributed by atoms with Crippen LogP contribution in [0.2, 0.25) is 0 Å². The average Bonchev–Trinajstić information content (AvgIpc) is 3.89. The first kappa shape index (κ1) is 39.6. The third-order valence-electron chi connectivity index (χ3n) is 9.59. The van der Waals surface area contributed by atoms with Gasteiger partial charge in [0.15, 0.2) is 0 Å². The number of carbonyl (C=O) groups excluding carboxylic acids is 5. The minimum atomic E-state index is -1.22. The van der Waals surface area contributed by atoms with E-state index in [9.17, 15) is 33.9 Å². The highest BCUT2D eigenvalue weighted by atomic mass is 32.2. The molecule has 2 saturated heterocycles. The van der Waals surface area contributed by atoms with Crippen LogP contribution >= 0.6 is 11.8 Å². The lowest BCUT2D eigenvalue weighted by Gasteiger charge is -2.32. The van der Waals surface area contributed by atoms with E-state index in [2.05, 4.69) is 20.9 Å². The number of carboxylic acids is 1. The van der Waals surface area contributed by atoms with Crippen LogP contribution < -0.4 is 27.4 Å². The molecule has 4 rings (SSSR count). The molecule has 2 aliphatic heterocycles. The predicted octanol–water partition coefficient (Wildman–Crippen LogP) is 0.461. The summed E-state index contributed by atoms with van der Waals surface area (Å²) < 4.78 is 0. The van der Waals surface area contributed by atoms with Gasteiger partial charge >= 0.3 is 5.97 Å². The number of amides is 5. The number of carboxylic acid groups (broad SMARTS) is 1. The van der Waals surface area contributed by atoms with Crippen molar-refractivity contribution in [3.05, 3.63) is 36.0 Å². The number of aromatic amines is 1. The lowest BCUT2D eigenvalue weighted by Crippen LogP contribution is -2.58. The number of nitrogens with one attached hydrogen (secondary N) is 4. The number of carbonyl (C=O) groups is 6. The molecule has 6 atom stereocenters. The van der Waals surface area contributed by atoms with E-state index in [0.717, 1.165) is 16.5 Å². The number of para-hydroxylation sites is 1. The highest BCUT2D eigenvalue weighted by Gasteiger charge is 2.42. The number of nitrogens with zero attached hydrogens (tertiary/aromatic N) is 2. The van der Waals surface area contributed by atoms with Crippen molar-refractivity contribution in [2.75, 3.05) is 31.6 Å². The van der Waals surface area contributed by atoms with Gasteiger partial charge in [0, 0.05) is 36.6 Å². The monoisotopic (exact) mass is 728 g/mol. The fourth-order valence-electron chi connectivity index (χ4n) is 6.81. The van der Waals surface area contributed by atoms with Crippen molar-refractivity contribution in [3.8, 4) is 0 Å². The normalized spacial score (nSPS) is 19.7. The summed E-state index contributed by atoms with van der Waals surface area (Å²) in [5.74, 6) is -2.93. The number of hydrogen-bond acceptors (Lipinski definition) is 9. The lowest BCUT2D eigenvalue weighted by molar-refractivity contribution is -0.145. The van der Waals surface area contributed by atoms with Gasteiger partial charge in [0.1, 0.15) is 30.2 Å². The van der Waals surface area contributed by atoms with Crippen molar-refractivity contribution in [3.63, 3.8) is 0 Å². The van der Waals surface area contributed by atoms with E-state index >= 15 is 0 Å². The minimum absolute atomic E-state index is 0.0488. The van der Waals surface area contributed by atoms with Crippen LogP contribution in [-0.4, -0.2) is 123 Å². The zero-order valence-electron chi connectivity index (χ0n) is 29.4. The Morgan fingerprint density at radius 3 is 2.06 bits per heavy atom. The van der Waals surface area contributed by atoms with Crippen molar-refractivity contribution in [1.82, 2.24) is 30.7 Å². The number of fused-ring (bicyclic) bond motifs is 1. The molecule has 15 nitrogen and oxygen atoms in total. The minimum Gasteiger partial charge on any atom is -0.480 e. The van der Waals surface area contributed by atoms with Crippen molar-refractivity contribution in [2.45, 2.75) is 101 Å². The van der Waals surface area contributed by atoms with Gasteiger partial charge in [-0.3, -0.25) is 24.0 Å². The molecule has 0 bridgehead atoms. The summed E-state index contributed by atoms with van der Waals surface area (Å²) in [7, 11) is 0. The Bertz CT molecular complexity index is 1550. The van der Waals surface area contributed by atoms with Crippen molar-refractivity contribution < 1.29 is 33.9 Å². The number of unbranched alkanes of at least 4 members (excludes halogenated alkanes) is 1. The molecular formula is C35H52N8O7S. The molecule has 0 unspecified atom stereocenters. The highest BCUT2D eigenvalue weighted by molar-refractivity contribution is 7.98. The third kappa shape index (κ3) is 10.2. The Balaban J connectivity index is 1.46. The van der Waals surface area contributed by atoms with Crippen molar-refractivity contribution in [2.24, 2.45) is 11.5 Å². The fourth-order valence-corrected chi connectivity index (χ4v) is 7.28. The fraction of sp³-hybridized carbons (Fsp3) is 0.600. The van der Waals surface area contributed by atoms with Crippen molar-refractivity contribution in [1.29, 1.82) is 0 Å². The summed E-state index contributed by atoms with van der Waals surface area (Å²) in [5.41, 5.74) is 13.1. The number of H-pyrrole nitrogens is 1. The molecule has 0 saturated carbocycles. The summed E-state index contributed by atoms with van der Waals surface area (Å²) in [4.78, 5) is 85.9. The van der Waals surface area contributed by atoms with Crippen LogP contribution in [0.5, 0.6) is 0 Å². The van der Waals surface area contributed by atoms with Crippen LogP contribution in [0.4, 0.5) is 0 Å². The number of hydrogen-bond donors (Lipinski definition) is 7. The Morgan fingerprint density at radius 2 is 1.49 bits per heavy atom. The standard InChI is InChI=1S/C35H52N8O7S/c1-21(37)30(44)39-26(14-18-51-2)34(48)43-17-7-12-28(43)31(45)40-25(11-5-6-15-36)33(47)42-16-8-13-29(42)32(46)41-27(35(49)50)19-22-20-38-24-10-4-3-9-23(22)24/h3-4,9-10,20-21,25-29,38H,5-8,11-19,36-37H2,1-2H3,(H,39,44)(H,40,45)(H,41,46)(H,49,50)/t21-,25-,26-,27-,28-,29-/m0/s1. The molecule has 9 N–H and O–H groups in total. The van der Waals surface area contributed by atoms with Gasteiger partial charge in [0.2, 0.25) is 29.5 Å². The first-order chi connectivity index (χ1) is 24.5. The number of nitrogens with two attached hydrogens (primary N) is 2. The summed E-state index contributed by atoms with van der Waals surface area (Å²) in [6.07, 6.45) is 7.30. The molecule has 0 aliphatic carbocycles. The van der Waals surface area contributed by atoms with E-state index in [4.69, 9.17) is 11.5 Å². The van der Waals surface area contributed by atoms with Crippen LogP contribution in [0.1, 0.15) is 63.9 Å².